The number of carboxylic acids is 1. The van der Waals surface area contributed by atoms with Crippen LogP contribution >= 0.6 is 0 Å². The number of aliphatic carboxylic acids is 1. The molecule has 1 unspecified atom stereocenters. The second-order valence-electron chi connectivity index (χ2n) is 4.37. The zero-order valence-electron chi connectivity index (χ0n) is 10.5. The van der Waals surface area contributed by atoms with E-state index in [9.17, 15) is 14.4 Å². The number of carboxylic acid groups (broad SMARTS) is 1. The third-order valence-corrected chi connectivity index (χ3v) is 2.55. The summed E-state index contributed by atoms with van der Waals surface area (Å²) in [4.78, 5) is 35.3. The van der Waals surface area contributed by atoms with Crippen molar-refractivity contribution in [1.82, 2.24) is 10.3 Å². The van der Waals surface area contributed by atoms with E-state index in [4.69, 9.17) is 10.2 Å². The molecule has 1 aromatic rings. The van der Waals surface area contributed by atoms with E-state index in [-0.39, 0.29) is 23.8 Å². The lowest BCUT2D eigenvalue weighted by atomic mass is 10.1. The van der Waals surface area contributed by atoms with Gasteiger partial charge in [0.15, 0.2) is 5.88 Å². The van der Waals surface area contributed by atoms with Gasteiger partial charge in [-0.2, -0.15) is 0 Å². The van der Waals surface area contributed by atoms with Gasteiger partial charge in [-0.3, -0.25) is 19.4 Å². The van der Waals surface area contributed by atoms with E-state index in [1.165, 1.54) is 0 Å². The normalized spacial score (nSPS) is 11.8. The average molecular weight is 268 g/mol. The standard InChI is InChI=1S/C12H16N2O5/c1-7(2-3-11(17)18)6-13-12(19)8-4-9(15)14-10(16)5-8/h4-5,7H,2-3,6H2,1H3,(H,13,19)(H,17,18)(H2,14,15,16). The Hall–Kier alpha value is -2.31. The van der Waals surface area contributed by atoms with E-state index >= 15 is 0 Å². The van der Waals surface area contributed by atoms with Crippen LogP contribution < -0.4 is 10.9 Å². The first-order valence-electron chi connectivity index (χ1n) is 5.82. The summed E-state index contributed by atoms with van der Waals surface area (Å²) in [5.74, 6) is -1.73. The number of nitrogens with one attached hydrogen (secondary N) is 2. The lowest BCUT2D eigenvalue weighted by Crippen LogP contribution is -2.29. The molecule has 0 fully saturated rings. The Bertz CT molecular complexity index is 523. The minimum absolute atomic E-state index is 0.00986. The summed E-state index contributed by atoms with van der Waals surface area (Å²) in [6.07, 6.45) is 0.499. The molecule has 1 rings (SSSR count). The number of aromatic amines is 1. The number of hydrogen-bond donors (Lipinski definition) is 4. The molecule has 0 aliphatic heterocycles. The number of rotatable bonds is 6. The highest BCUT2D eigenvalue weighted by Crippen LogP contribution is 2.06. The summed E-state index contributed by atoms with van der Waals surface area (Å²) < 4.78 is 0. The van der Waals surface area contributed by atoms with E-state index in [1.807, 2.05) is 6.92 Å². The highest BCUT2D eigenvalue weighted by Gasteiger charge is 2.10. The van der Waals surface area contributed by atoms with Crippen molar-refractivity contribution >= 4 is 11.9 Å². The number of H-pyrrole nitrogens is 1. The Morgan fingerprint density at radius 3 is 2.68 bits per heavy atom. The first-order chi connectivity index (χ1) is 8.88. The molecule has 0 saturated heterocycles. The van der Waals surface area contributed by atoms with Crippen LogP contribution in [0.1, 0.15) is 30.1 Å². The van der Waals surface area contributed by atoms with Crippen molar-refractivity contribution in [2.24, 2.45) is 5.92 Å². The predicted octanol–water partition coefficient (Wildman–Crippen LogP) is 0.311. The first kappa shape index (κ1) is 14.7. The molecule has 1 heterocycles. The zero-order valence-corrected chi connectivity index (χ0v) is 10.5. The fourth-order valence-electron chi connectivity index (χ4n) is 1.50. The van der Waals surface area contributed by atoms with E-state index < -0.39 is 17.4 Å². The van der Waals surface area contributed by atoms with Gasteiger partial charge >= 0.3 is 5.97 Å². The molecule has 0 saturated carbocycles. The Morgan fingerprint density at radius 2 is 2.11 bits per heavy atom. The predicted molar refractivity (Wildman–Crippen MR) is 67.1 cm³/mol. The Labute approximate surface area is 109 Å². The van der Waals surface area contributed by atoms with Gasteiger partial charge in [-0.25, -0.2) is 0 Å². The molecule has 1 amide bonds. The summed E-state index contributed by atoms with van der Waals surface area (Å²) >= 11 is 0. The van der Waals surface area contributed by atoms with Gasteiger partial charge in [-0.1, -0.05) is 6.92 Å². The van der Waals surface area contributed by atoms with E-state index in [0.717, 1.165) is 12.1 Å². The van der Waals surface area contributed by atoms with Crippen molar-refractivity contribution in [3.05, 3.63) is 28.0 Å². The third-order valence-electron chi connectivity index (χ3n) is 2.55. The smallest absolute Gasteiger partial charge is 0.303 e. The van der Waals surface area contributed by atoms with Crippen LogP contribution in [0.25, 0.3) is 0 Å². The van der Waals surface area contributed by atoms with Crippen LogP contribution in [0.4, 0.5) is 0 Å². The molecule has 7 heteroatoms. The summed E-state index contributed by atoms with van der Waals surface area (Å²) in [5.41, 5.74) is -0.504. The number of pyridine rings is 1. The molecule has 4 N–H and O–H groups in total. The van der Waals surface area contributed by atoms with Crippen molar-refractivity contribution in [1.29, 1.82) is 0 Å². The second-order valence-corrected chi connectivity index (χ2v) is 4.37. The monoisotopic (exact) mass is 268 g/mol. The minimum Gasteiger partial charge on any atom is -0.494 e. The average Bonchev–Trinajstić information content (AvgIpc) is 2.32. The molecular formula is C12H16N2O5. The maximum Gasteiger partial charge on any atom is 0.303 e. The topological polar surface area (TPSA) is 119 Å². The molecule has 0 bridgehead atoms. The molecule has 0 aliphatic rings. The first-order valence-corrected chi connectivity index (χ1v) is 5.82. The van der Waals surface area contributed by atoms with Crippen LogP contribution in [0.2, 0.25) is 0 Å². The van der Waals surface area contributed by atoms with Gasteiger partial charge in [0.05, 0.1) is 5.56 Å². The summed E-state index contributed by atoms with van der Waals surface area (Å²) in [7, 11) is 0. The molecular weight excluding hydrogens is 252 g/mol. The molecule has 104 valence electrons. The molecule has 0 aliphatic carbocycles. The highest BCUT2D eigenvalue weighted by atomic mass is 16.4. The van der Waals surface area contributed by atoms with Crippen LogP contribution in [-0.2, 0) is 4.79 Å². The van der Waals surface area contributed by atoms with Gasteiger partial charge in [0.1, 0.15) is 0 Å². The minimum atomic E-state index is -0.877. The van der Waals surface area contributed by atoms with Crippen molar-refractivity contribution in [3.63, 3.8) is 0 Å². The second kappa shape index (κ2) is 6.58. The summed E-state index contributed by atoms with van der Waals surface area (Å²) in [5, 5.41) is 20.3. The van der Waals surface area contributed by atoms with Gasteiger partial charge in [0, 0.05) is 25.1 Å². The van der Waals surface area contributed by atoms with Crippen molar-refractivity contribution in [3.8, 4) is 5.88 Å². The van der Waals surface area contributed by atoms with Gasteiger partial charge < -0.3 is 15.5 Å². The fourth-order valence-corrected chi connectivity index (χ4v) is 1.50. The molecule has 1 aromatic heterocycles. The molecule has 0 spiro atoms. The maximum absolute atomic E-state index is 11.7. The largest absolute Gasteiger partial charge is 0.494 e. The molecule has 7 nitrogen and oxygen atoms in total. The van der Waals surface area contributed by atoms with Crippen LogP contribution in [0.5, 0.6) is 5.88 Å². The Balaban J connectivity index is 2.51. The molecule has 1 atom stereocenters. The number of aromatic nitrogens is 1. The van der Waals surface area contributed by atoms with Gasteiger partial charge in [0.2, 0.25) is 0 Å². The number of carbonyl (C=O) groups is 2. The number of amides is 1. The van der Waals surface area contributed by atoms with Crippen molar-refractivity contribution < 1.29 is 19.8 Å². The molecule has 0 radical (unpaired) electrons. The number of carbonyl (C=O) groups excluding carboxylic acids is 1. The van der Waals surface area contributed by atoms with E-state index in [0.29, 0.717) is 13.0 Å². The van der Waals surface area contributed by atoms with Crippen molar-refractivity contribution in [2.45, 2.75) is 19.8 Å². The lowest BCUT2D eigenvalue weighted by Gasteiger charge is -2.11. The Kier molecular flexibility index (Phi) is 5.11. The van der Waals surface area contributed by atoms with E-state index in [1.54, 1.807) is 0 Å². The SMILES string of the molecule is CC(CCC(=O)O)CNC(=O)c1cc(O)[nH]c(=O)c1. The van der Waals surface area contributed by atoms with Crippen LogP contribution in [0.15, 0.2) is 16.9 Å². The molecule has 0 aromatic carbocycles. The quantitative estimate of drug-likeness (QED) is 0.592. The lowest BCUT2D eigenvalue weighted by molar-refractivity contribution is -0.137. The van der Waals surface area contributed by atoms with Crippen LogP contribution in [-0.4, -0.2) is 33.6 Å². The number of aromatic hydroxyl groups is 1. The fraction of sp³-hybridized carbons (Fsp3) is 0.417. The zero-order chi connectivity index (χ0) is 14.4. The van der Waals surface area contributed by atoms with Crippen LogP contribution in [0.3, 0.4) is 0 Å². The highest BCUT2D eigenvalue weighted by molar-refractivity contribution is 5.94. The van der Waals surface area contributed by atoms with Gasteiger partial charge in [-0.15, -0.1) is 0 Å². The third kappa shape index (κ3) is 5.24. The van der Waals surface area contributed by atoms with Gasteiger partial charge in [0.25, 0.3) is 11.5 Å². The van der Waals surface area contributed by atoms with Crippen LogP contribution in [0, 0.1) is 5.92 Å². The maximum atomic E-state index is 11.7. The summed E-state index contributed by atoms with van der Waals surface area (Å²) in [6.45, 7) is 2.12. The Morgan fingerprint density at radius 1 is 1.42 bits per heavy atom. The molecule has 19 heavy (non-hydrogen) atoms. The summed E-state index contributed by atoms with van der Waals surface area (Å²) in [6, 6.07) is 2.23. The van der Waals surface area contributed by atoms with E-state index in [2.05, 4.69) is 10.3 Å². The van der Waals surface area contributed by atoms with Gasteiger partial charge in [-0.05, 0) is 12.3 Å². The number of hydrogen-bond acceptors (Lipinski definition) is 4. The van der Waals surface area contributed by atoms with Crippen molar-refractivity contribution in [2.75, 3.05) is 6.54 Å².